The van der Waals surface area contributed by atoms with Crippen LogP contribution < -0.4 is 5.32 Å². The summed E-state index contributed by atoms with van der Waals surface area (Å²) in [5.74, 6) is 1.33. The predicted molar refractivity (Wildman–Crippen MR) is 82.6 cm³/mol. The van der Waals surface area contributed by atoms with Gasteiger partial charge in [0.05, 0.1) is 0 Å². The van der Waals surface area contributed by atoms with E-state index in [4.69, 9.17) is 17.0 Å². The molecular weight excluding hydrogens is 288 g/mol. The number of hydrogen-bond acceptors (Lipinski definition) is 4. The van der Waals surface area contributed by atoms with Crippen LogP contribution in [0, 0.1) is 10.7 Å². The Morgan fingerprint density at radius 3 is 2.95 bits per heavy atom. The van der Waals surface area contributed by atoms with Gasteiger partial charge in [0.2, 0.25) is 5.91 Å². The van der Waals surface area contributed by atoms with Crippen LogP contribution in [0.3, 0.4) is 0 Å². The summed E-state index contributed by atoms with van der Waals surface area (Å²) in [7, 11) is 0. The van der Waals surface area contributed by atoms with Gasteiger partial charge in [-0.25, -0.2) is 0 Å². The molecule has 0 unspecified atom stereocenters. The third-order valence-corrected chi connectivity index (χ3v) is 4.29. The lowest BCUT2D eigenvalue weighted by atomic mass is 9.93. The number of nitrogens with zero attached hydrogens (tertiary/aromatic N) is 2. The average molecular weight is 312 g/mol. The molecule has 21 heavy (non-hydrogen) atoms. The highest BCUT2D eigenvalue weighted by Gasteiger charge is 2.22. The normalized spacial score (nSPS) is 17.6. The first-order valence-corrected chi connectivity index (χ1v) is 8.03. The van der Waals surface area contributed by atoms with E-state index in [-0.39, 0.29) is 18.5 Å². The molecular formula is C14H24N4O2S. The summed E-state index contributed by atoms with van der Waals surface area (Å²) in [4.78, 5) is 12.2. The number of carbonyl (C=O) groups is 1. The lowest BCUT2D eigenvalue weighted by Crippen LogP contribution is -2.41. The highest BCUT2D eigenvalue weighted by atomic mass is 32.1. The minimum Gasteiger partial charge on any atom is -0.381 e. The summed E-state index contributed by atoms with van der Waals surface area (Å²) in [5, 5.41) is 10.0. The summed E-state index contributed by atoms with van der Waals surface area (Å²) in [6.07, 6.45) is 3.80. The lowest BCUT2D eigenvalue weighted by molar-refractivity contribution is -0.123. The Balaban J connectivity index is 1.92. The number of ether oxygens (including phenoxy) is 1. The fourth-order valence-corrected chi connectivity index (χ4v) is 2.92. The number of hydrogen-bond donors (Lipinski definition) is 2. The molecule has 0 radical (unpaired) electrons. The summed E-state index contributed by atoms with van der Waals surface area (Å²) >= 11 is 5.19. The van der Waals surface area contributed by atoms with Crippen LogP contribution in [0.5, 0.6) is 0 Å². The molecule has 0 spiro atoms. The van der Waals surface area contributed by atoms with E-state index < -0.39 is 0 Å². The maximum Gasteiger partial charge on any atom is 0.240 e. The predicted octanol–water partition coefficient (Wildman–Crippen LogP) is 1.82. The van der Waals surface area contributed by atoms with Crippen LogP contribution in [0.4, 0.5) is 0 Å². The maximum absolute atomic E-state index is 12.2. The van der Waals surface area contributed by atoms with Crippen molar-refractivity contribution >= 4 is 18.1 Å². The molecule has 1 aromatic rings. The number of aromatic nitrogens is 3. The second-order valence-electron chi connectivity index (χ2n) is 5.59. The molecule has 1 aromatic heterocycles. The van der Waals surface area contributed by atoms with Crippen molar-refractivity contribution in [2.75, 3.05) is 13.2 Å². The number of H-pyrrole nitrogens is 1. The van der Waals surface area contributed by atoms with Gasteiger partial charge < -0.3 is 10.1 Å². The molecule has 118 valence electrons. The van der Waals surface area contributed by atoms with Gasteiger partial charge in [-0.05, 0) is 44.3 Å². The molecule has 2 heterocycles. The highest BCUT2D eigenvalue weighted by Crippen LogP contribution is 2.18. The van der Waals surface area contributed by atoms with Gasteiger partial charge in [0, 0.05) is 25.7 Å². The summed E-state index contributed by atoms with van der Waals surface area (Å²) < 4.78 is 7.64. The van der Waals surface area contributed by atoms with Crippen LogP contribution >= 0.6 is 12.2 Å². The standard InChI is InChI=1S/C14H24N4O2S/c1-3-4-12-16-17-14(21)18(12)9-13(19)15-10(2)11-5-7-20-8-6-11/h10-11H,3-9H2,1-2H3,(H,15,19)(H,17,21)/t10-/m1/s1. The first kappa shape index (κ1) is 16.2. The fourth-order valence-electron chi connectivity index (χ4n) is 2.70. The van der Waals surface area contributed by atoms with Gasteiger partial charge in [-0.3, -0.25) is 14.5 Å². The van der Waals surface area contributed by atoms with E-state index in [1.54, 1.807) is 4.57 Å². The van der Waals surface area contributed by atoms with E-state index in [9.17, 15) is 4.79 Å². The van der Waals surface area contributed by atoms with E-state index in [1.807, 2.05) is 0 Å². The first-order chi connectivity index (χ1) is 10.1. The Hall–Kier alpha value is -1.21. The van der Waals surface area contributed by atoms with Crippen molar-refractivity contribution in [2.24, 2.45) is 5.92 Å². The highest BCUT2D eigenvalue weighted by molar-refractivity contribution is 7.71. The van der Waals surface area contributed by atoms with Crippen molar-refractivity contribution in [1.82, 2.24) is 20.1 Å². The number of aromatic amines is 1. The van der Waals surface area contributed by atoms with Crippen molar-refractivity contribution in [3.63, 3.8) is 0 Å². The second kappa shape index (κ2) is 7.70. The molecule has 2 N–H and O–H groups in total. The summed E-state index contributed by atoms with van der Waals surface area (Å²) in [5.41, 5.74) is 0. The van der Waals surface area contributed by atoms with Crippen LogP contribution in [-0.2, 0) is 22.5 Å². The quantitative estimate of drug-likeness (QED) is 0.786. The number of rotatable bonds is 6. The maximum atomic E-state index is 12.2. The molecule has 0 aromatic carbocycles. The SMILES string of the molecule is CCCc1n[nH]c(=S)n1CC(=O)N[C@H](C)C1CCOCC1. The molecule has 0 saturated carbocycles. The van der Waals surface area contributed by atoms with Crippen molar-refractivity contribution in [3.05, 3.63) is 10.6 Å². The zero-order chi connectivity index (χ0) is 15.2. The van der Waals surface area contributed by atoms with Crippen LogP contribution in [-0.4, -0.2) is 39.9 Å². The van der Waals surface area contributed by atoms with Crippen molar-refractivity contribution in [2.45, 2.75) is 52.1 Å². The Morgan fingerprint density at radius 1 is 1.57 bits per heavy atom. The Morgan fingerprint density at radius 2 is 2.29 bits per heavy atom. The van der Waals surface area contributed by atoms with Gasteiger partial charge in [-0.1, -0.05) is 6.92 Å². The van der Waals surface area contributed by atoms with Crippen LogP contribution in [0.1, 0.15) is 38.9 Å². The second-order valence-corrected chi connectivity index (χ2v) is 5.97. The summed E-state index contributed by atoms with van der Waals surface area (Å²) in [6.45, 7) is 5.96. The van der Waals surface area contributed by atoms with Gasteiger partial charge in [0.25, 0.3) is 0 Å². The van der Waals surface area contributed by atoms with Gasteiger partial charge in [0.1, 0.15) is 12.4 Å². The van der Waals surface area contributed by atoms with Crippen molar-refractivity contribution in [1.29, 1.82) is 0 Å². The average Bonchev–Trinajstić information content (AvgIpc) is 2.81. The Bertz CT molecular complexity index is 519. The zero-order valence-corrected chi connectivity index (χ0v) is 13.5. The largest absolute Gasteiger partial charge is 0.381 e. The van der Waals surface area contributed by atoms with E-state index in [1.165, 1.54) is 0 Å². The summed E-state index contributed by atoms with van der Waals surface area (Å²) in [6, 6.07) is 0.164. The molecule has 1 fully saturated rings. The molecule has 0 bridgehead atoms. The van der Waals surface area contributed by atoms with E-state index >= 15 is 0 Å². The Kier molecular flexibility index (Phi) is 5.93. The first-order valence-electron chi connectivity index (χ1n) is 7.63. The third-order valence-electron chi connectivity index (χ3n) is 3.97. The number of carbonyl (C=O) groups excluding carboxylic acids is 1. The molecule has 1 aliphatic heterocycles. The van der Waals surface area contributed by atoms with E-state index in [0.717, 1.165) is 44.7 Å². The fraction of sp³-hybridized carbons (Fsp3) is 0.786. The number of amides is 1. The van der Waals surface area contributed by atoms with E-state index in [0.29, 0.717) is 10.7 Å². The molecule has 1 atom stereocenters. The van der Waals surface area contributed by atoms with Crippen LogP contribution in [0.25, 0.3) is 0 Å². The monoisotopic (exact) mass is 312 g/mol. The molecule has 7 heteroatoms. The number of nitrogens with one attached hydrogen (secondary N) is 2. The smallest absolute Gasteiger partial charge is 0.240 e. The zero-order valence-electron chi connectivity index (χ0n) is 12.7. The Labute approximate surface area is 130 Å². The minimum absolute atomic E-state index is 0.0103. The van der Waals surface area contributed by atoms with Gasteiger partial charge >= 0.3 is 0 Å². The van der Waals surface area contributed by atoms with Gasteiger partial charge in [-0.15, -0.1) is 0 Å². The molecule has 2 rings (SSSR count). The van der Waals surface area contributed by atoms with Gasteiger partial charge in [-0.2, -0.15) is 5.10 Å². The van der Waals surface area contributed by atoms with Crippen molar-refractivity contribution in [3.8, 4) is 0 Å². The minimum atomic E-state index is -0.0103. The third kappa shape index (κ3) is 4.38. The van der Waals surface area contributed by atoms with Crippen LogP contribution in [0.15, 0.2) is 0 Å². The van der Waals surface area contributed by atoms with E-state index in [2.05, 4.69) is 29.4 Å². The molecule has 1 saturated heterocycles. The van der Waals surface area contributed by atoms with Crippen molar-refractivity contribution < 1.29 is 9.53 Å². The molecule has 1 aliphatic rings. The lowest BCUT2D eigenvalue weighted by Gasteiger charge is -2.28. The molecule has 6 nitrogen and oxygen atoms in total. The molecule has 0 aliphatic carbocycles. The van der Waals surface area contributed by atoms with Gasteiger partial charge in [0.15, 0.2) is 4.77 Å². The van der Waals surface area contributed by atoms with Crippen LogP contribution in [0.2, 0.25) is 0 Å². The topological polar surface area (TPSA) is 71.9 Å². The number of aryl methyl sites for hydroxylation is 1. The molecule has 1 amide bonds.